The van der Waals surface area contributed by atoms with E-state index in [0.29, 0.717) is 19.3 Å². The SMILES string of the molecule is CCOC(=O)[C@@]12C[C@H]1/C=C\CCCCC[C@H](NC(=O)OC(C)(C)C)C(=O)N1C[C@H](O)C[C@H]1C(=O)N2. The first kappa shape index (κ1) is 27.0. The number of alkyl carbamates (subject to hydrolysis) is 1. The lowest BCUT2D eigenvalue weighted by atomic mass is 10.0. The number of allylic oxidation sites excluding steroid dienone is 1. The molecule has 2 fully saturated rings. The van der Waals surface area contributed by atoms with Crippen molar-refractivity contribution in [3.05, 3.63) is 12.2 Å². The van der Waals surface area contributed by atoms with Gasteiger partial charge in [0.05, 0.1) is 12.7 Å². The highest BCUT2D eigenvalue weighted by molar-refractivity contribution is 5.96. The molecule has 196 valence electrons. The molecule has 35 heavy (non-hydrogen) atoms. The second kappa shape index (κ2) is 11.0. The monoisotopic (exact) mass is 493 g/mol. The highest BCUT2D eigenvalue weighted by Crippen LogP contribution is 2.46. The van der Waals surface area contributed by atoms with Gasteiger partial charge < -0.3 is 30.1 Å². The molecule has 3 aliphatic rings. The molecule has 1 saturated heterocycles. The zero-order valence-corrected chi connectivity index (χ0v) is 21.2. The van der Waals surface area contributed by atoms with Crippen molar-refractivity contribution >= 4 is 23.9 Å². The Balaban J connectivity index is 1.84. The maximum absolute atomic E-state index is 13.5. The van der Waals surface area contributed by atoms with Gasteiger partial charge in [-0.05, 0) is 53.4 Å². The van der Waals surface area contributed by atoms with Crippen LogP contribution < -0.4 is 10.6 Å². The second-order valence-electron chi connectivity index (χ2n) is 10.7. The number of aliphatic hydroxyl groups excluding tert-OH is 1. The first-order valence-corrected chi connectivity index (χ1v) is 12.6. The molecular weight excluding hydrogens is 454 g/mol. The van der Waals surface area contributed by atoms with Gasteiger partial charge in [-0.1, -0.05) is 25.0 Å². The number of fused-ring (bicyclic) bond motifs is 2. The fourth-order valence-corrected chi connectivity index (χ4v) is 4.77. The van der Waals surface area contributed by atoms with Gasteiger partial charge in [0.1, 0.15) is 23.2 Å². The normalized spacial score (nSPS) is 32.8. The Morgan fingerprint density at radius 1 is 1.26 bits per heavy atom. The van der Waals surface area contributed by atoms with Crippen molar-refractivity contribution in [1.29, 1.82) is 0 Å². The first-order valence-electron chi connectivity index (χ1n) is 12.6. The quantitative estimate of drug-likeness (QED) is 0.403. The van der Waals surface area contributed by atoms with Gasteiger partial charge in [-0.25, -0.2) is 9.59 Å². The Labute approximate surface area is 206 Å². The average Bonchev–Trinajstić information content (AvgIpc) is 3.30. The van der Waals surface area contributed by atoms with Gasteiger partial charge in [0.15, 0.2) is 0 Å². The molecule has 5 atom stereocenters. The van der Waals surface area contributed by atoms with Crippen LogP contribution in [0.25, 0.3) is 0 Å². The minimum Gasteiger partial charge on any atom is -0.464 e. The van der Waals surface area contributed by atoms with Gasteiger partial charge in [0, 0.05) is 18.9 Å². The number of hydrogen-bond acceptors (Lipinski definition) is 7. The molecule has 0 bridgehead atoms. The summed E-state index contributed by atoms with van der Waals surface area (Å²) < 4.78 is 10.6. The summed E-state index contributed by atoms with van der Waals surface area (Å²) in [6, 6.07) is -1.85. The molecule has 0 spiro atoms. The van der Waals surface area contributed by atoms with Crippen LogP contribution in [0.1, 0.15) is 72.6 Å². The third-order valence-electron chi connectivity index (χ3n) is 6.59. The largest absolute Gasteiger partial charge is 0.464 e. The minimum absolute atomic E-state index is 0.0286. The fourth-order valence-electron chi connectivity index (χ4n) is 4.77. The van der Waals surface area contributed by atoms with Gasteiger partial charge in [0.25, 0.3) is 0 Å². The molecule has 10 heteroatoms. The van der Waals surface area contributed by atoms with Crippen LogP contribution in [-0.4, -0.2) is 76.4 Å². The Morgan fingerprint density at radius 2 is 2.00 bits per heavy atom. The van der Waals surface area contributed by atoms with E-state index in [0.717, 1.165) is 19.3 Å². The van der Waals surface area contributed by atoms with Crippen molar-refractivity contribution in [3.8, 4) is 0 Å². The molecule has 3 amide bonds. The molecule has 3 N–H and O–H groups in total. The third kappa shape index (κ3) is 6.74. The first-order chi connectivity index (χ1) is 16.5. The molecule has 0 aromatic rings. The van der Waals surface area contributed by atoms with Gasteiger partial charge in [-0.15, -0.1) is 0 Å². The molecule has 0 unspecified atom stereocenters. The van der Waals surface area contributed by atoms with Gasteiger partial charge >= 0.3 is 12.1 Å². The smallest absolute Gasteiger partial charge is 0.408 e. The number of aliphatic hydroxyl groups is 1. The van der Waals surface area contributed by atoms with Gasteiger partial charge in [0.2, 0.25) is 11.8 Å². The van der Waals surface area contributed by atoms with Crippen LogP contribution in [0.2, 0.25) is 0 Å². The van der Waals surface area contributed by atoms with E-state index in [2.05, 4.69) is 10.6 Å². The van der Waals surface area contributed by atoms with Crippen molar-refractivity contribution < 1.29 is 33.8 Å². The number of rotatable bonds is 3. The topological polar surface area (TPSA) is 134 Å². The number of nitrogens with one attached hydrogen (secondary N) is 2. The highest BCUT2D eigenvalue weighted by atomic mass is 16.6. The predicted octanol–water partition coefficient (Wildman–Crippen LogP) is 1.80. The standard InChI is InChI=1S/C25H39N3O7/c1-5-34-22(32)25-14-16(25)11-9-7-6-8-10-12-18(26-23(33)35-24(2,3)4)21(31)28-15-17(29)13-19(28)20(30)27-25/h9,11,16-19,29H,5-8,10,12-15H2,1-4H3,(H,26,33)(H,27,30)/b11-9-/t16-,17-,18+,19+,25-/m1/s1. The summed E-state index contributed by atoms with van der Waals surface area (Å²) in [5.41, 5.74) is -1.88. The van der Waals surface area contributed by atoms with Crippen molar-refractivity contribution in [2.75, 3.05) is 13.2 Å². The molecule has 1 saturated carbocycles. The van der Waals surface area contributed by atoms with Crippen LogP contribution in [0, 0.1) is 5.92 Å². The Kier molecular flexibility index (Phi) is 8.46. The van der Waals surface area contributed by atoms with Crippen molar-refractivity contribution in [1.82, 2.24) is 15.5 Å². The number of carbonyl (C=O) groups is 4. The van der Waals surface area contributed by atoms with Gasteiger partial charge in [-0.3, -0.25) is 9.59 Å². The molecule has 0 aromatic heterocycles. The van der Waals surface area contributed by atoms with Crippen LogP contribution in [0.4, 0.5) is 4.79 Å². The van der Waals surface area contributed by atoms with Crippen molar-refractivity contribution in [2.24, 2.45) is 5.92 Å². The third-order valence-corrected chi connectivity index (χ3v) is 6.59. The summed E-state index contributed by atoms with van der Waals surface area (Å²) in [4.78, 5) is 53.4. The zero-order chi connectivity index (χ0) is 25.8. The van der Waals surface area contributed by atoms with E-state index >= 15 is 0 Å². The van der Waals surface area contributed by atoms with E-state index in [4.69, 9.17) is 9.47 Å². The summed E-state index contributed by atoms with van der Waals surface area (Å²) in [5.74, 6) is -1.62. The lowest BCUT2D eigenvalue weighted by molar-refractivity contribution is -0.150. The van der Waals surface area contributed by atoms with Crippen LogP contribution in [0.3, 0.4) is 0 Å². The lowest BCUT2D eigenvalue weighted by Gasteiger charge is -2.30. The molecule has 0 radical (unpaired) electrons. The molecule has 3 rings (SSSR count). The summed E-state index contributed by atoms with van der Waals surface area (Å²) in [7, 11) is 0. The minimum atomic E-state index is -1.15. The Bertz CT molecular complexity index is 852. The van der Waals surface area contributed by atoms with Gasteiger partial charge in [-0.2, -0.15) is 0 Å². The summed E-state index contributed by atoms with van der Waals surface area (Å²) in [6.45, 7) is 7.08. The maximum atomic E-state index is 13.5. The molecular formula is C25H39N3O7. The lowest BCUT2D eigenvalue weighted by Crippen LogP contribution is -2.56. The zero-order valence-electron chi connectivity index (χ0n) is 21.2. The number of esters is 1. The van der Waals surface area contributed by atoms with Crippen LogP contribution in [0.15, 0.2) is 12.2 Å². The predicted molar refractivity (Wildman–Crippen MR) is 127 cm³/mol. The van der Waals surface area contributed by atoms with E-state index in [9.17, 15) is 24.3 Å². The second-order valence-corrected chi connectivity index (χ2v) is 10.7. The van der Waals surface area contributed by atoms with E-state index in [1.54, 1.807) is 27.7 Å². The van der Waals surface area contributed by atoms with Crippen molar-refractivity contribution in [3.63, 3.8) is 0 Å². The van der Waals surface area contributed by atoms with E-state index in [-0.39, 0.29) is 25.5 Å². The summed E-state index contributed by atoms with van der Waals surface area (Å²) in [5, 5.41) is 15.8. The Morgan fingerprint density at radius 3 is 2.69 bits per heavy atom. The van der Waals surface area contributed by atoms with Crippen LogP contribution >= 0.6 is 0 Å². The summed E-state index contributed by atoms with van der Waals surface area (Å²) >= 11 is 0. The van der Waals surface area contributed by atoms with Crippen molar-refractivity contribution in [2.45, 2.75) is 102 Å². The molecule has 1 aliphatic carbocycles. The molecule has 2 aliphatic heterocycles. The Hall–Kier alpha value is -2.62. The number of nitrogens with zero attached hydrogens (tertiary/aromatic N) is 1. The maximum Gasteiger partial charge on any atom is 0.408 e. The van der Waals surface area contributed by atoms with Crippen LogP contribution in [0.5, 0.6) is 0 Å². The molecule has 10 nitrogen and oxygen atoms in total. The summed E-state index contributed by atoms with van der Waals surface area (Å²) in [6.07, 6.45) is 6.49. The number of amides is 3. The van der Waals surface area contributed by atoms with E-state index < -0.39 is 53.2 Å². The average molecular weight is 494 g/mol. The van der Waals surface area contributed by atoms with E-state index in [1.807, 2.05) is 12.2 Å². The number of ether oxygens (including phenoxy) is 2. The van der Waals surface area contributed by atoms with E-state index in [1.165, 1.54) is 4.90 Å². The van der Waals surface area contributed by atoms with Crippen LogP contribution in [-0.2, 0) is 23.9 Å². The molecule has 0 aromatic carbocycles. The molecule has 2 heterocycles. The highest BCUT2D eigenvalue weighted by Gasteiger charge is 2.62. The fraction of sp³-hybridized carbons (Fsp3) is 0.760. The number of carbonyl (C=O) groups excluding carboxylic acids is 4. The number of hydrogen-bond donors (Lipinski definition) is 3.